The molecule has 3 aromatic rings. The molecule has 0 radical (unpaired) electrons. The number of hydrogen-bond donors (Lipinski definition) is 2. The fourth-order valence-corrected chi connectivity index (χ4v) is 6.29. The number of carbonyl (C=O) groups excluding carboxylic acids is 1. The molecular formula is C29H34FN3O6. The highest BCUT2D eigenvalue weighted by atomic mass is 19.1. The number of nitrogens with zero attached hydrogens (tertiary/aromatic N) is 3. The van der Waals surface area contributed by atoms with Crippen molar-refractivity contribution in [2.75, 3.05) is 19.1 Å². The molecule has 1 aromatic heterocycles. The lowest BCUT2D eigenvalue weighted by atomic mass is 9.84. The van der Waals surface area contributed by atoms with Crippen LogP contribution < -0.4 is 9.64 Å². The molecule has 1 aliphatic heterocycles. The molecule has 1 fully saturated rings. The average Bonchev–Trinajstić information content (AvgIpc) is 3.33. The zero-order valence-corrected chi connectivity index (χ0v) is 22.6. The number of aliphatic carboxylic acids is 1. The van der Waals surface area contributed by atoms with Crippen molar-refractivity contribution in [1.29, 1.82) is 0 Å². The van der Waals surface area contributed by atoms with E-state index in [4.69, 9.17) is 14.5 Å². The summed E-state index contributed by atoms with van der Waals surface area (Å²) in [7, 11) is 2.80. The van der Waals surface area contributed by atoms with Gasteiger partial charge in [0.15, 0.2) is 0 Å². The van der Waals surface area contributed by atoms with Crippen LogP contribution in [-0.4, -0.2) is 52.1 Å². The normalized spacial score (nSPS) is 22.7. The standard InChI is InChI=1S/C29H34FN3O6/c1-16-8-10-20-22(32(16)28(36)39-4)11-12-23-25(20)31-27(33(23)19-7-5-6-17(14-19)26(34)35)29(2,37)21-15-18(30)9-13-24(21)38-3/h9,11-13,15-17,19,37H,5-8,10,14H2,1-4H3,(H,34,35)/t16-,17+,19+,29?/m0/s1. The van der Waals surface area contributed by atoms with E-state index in [-0.39, 0.29) is 23.5 Å². The second kappa shape index (κ2) is 10.1. The van der Waals surface area contributed by atoms with Gasteiger partial charge in [-0.2, -0.15) is 0 Å². The van der Waals surface area contributed by atoms with Gasteiger partial charge >= 0.3 is 12.1 Å². The van der Waals surface area contributed by atoms with E-state index in [1.54, 1.807) is 11.8 Å². The summed E-state index contributed by atoms with van der Waals surface area (Å²) >= 11 is 0. The van der Waals surface area contributed by atoms with Gasteiger partial charge in [-0.05, 0) is 76.3 Å². The molecule has 1 aliphatic carbocycles. The minimum Gasteiger partial charge on any atom is -0.496 e. The summed E-state index contributed by atoms with van der Waals surface area (Å²) in [6.45, 7) is 3.51. The highest BCUT2D eigenvalue weighted by Gasteiger charge is 2.40. The zero-order valence-electron chi connectivity index (χ0n) is 22.6. The van der Waals surface area contributed by atoms with Crippen molar-refractivity contribution in [3.05, 3.63) is 53.1 Å². The number of benzene rings is 2. The Morgan fingerprint density at radius 2 is 1.92 bits per heavy atom. The third kappa shape index (κ3) is 4.50. The Balaban J connectivity index is 1.76. The Hall–Kier alpha value is -3.66. The van der Waals surface area contributed by atoms with Gasteiger partial charge in [-0.1, -0.05) is 6.42 Å². The molecule has 2 N–H and O–H groups in total. The van der Waals surface area contributed by atoms with E-state index in [2.05, 4.69) is 0 Å². The molecule has 4 atom stereocenters. The minimum atomic E-state index is -1.78. The van der Waals surface area contributed by atoms with E-state index in [1.807, 2.05) is 23.6 Å². The molecule has 2 heterocycles. The maximum atomic E-state index is 14.4. The first-order chi connectivity index (χ1) is 18.6. The van der Waals surface area contributed by atoms with Crippen LogP contribution in [-0.2, 0) is 21.6 Å². The minimum absolute atomic E-state index is 0.0710. The number of aryl methyl sites for hydroxylation is 1. The van der Waals surface area contributed by atoms with Crippen molar-refractivity contribution in [2.24, 2.45) is 5.92 Å². The molecule has 1 unspecified atom stereocenters. The number of rotatable bonds is 5. The number of aromatic nitrogens is 2. The van der Waals surface area contributed by atoms with Gasteiger partial charge in [0.1, 0.15) is 23.0 Å². The van der Waals surface area contributed by atoms with Crippen LogP contribution >= 0.6 is 0 Å². The van der Waals surface area contributed by atoms with E-state index in [1.165, 1.54) is 32.4 Å². The Morgan fingerprint density at radius 1 is 1.15 bits per heavy atom. The molecule has 0 bridgehead atoms. The van der Waals surface area contributed by atoms with Crippen molar-refractivity contribution < 1.29 is 33.7 Å². The molecular weight excluding hydrogens is 505 g/mol. The Morgan fingerprint density at radius 3 is 2.62 bits per heavy atom. The maximum absolute atomic E-state index is 14.4. The van der Waals surface area contributed by atoms with Gasteiger partial charge in [0.05, 0.1) is 36.9 Å². The Bertz CT molecular complexity index is 1430. The number of methoxy groups -OCH3 is 2. The lowest BCUT2D eigenvalue weighted by molar-refractivity contribution is -0.143. The number of fused-ring (bicyclic) bond motifs is 3. The van der Waals surface area contributed by atoms with Crippen LogP contribution in [0.5, 0.6) is 5.75 Å². The van der Waals surface area contributed by atoms with Crippen molar-refractivity contribution in [2.45, 2.75) is 70.1 Å². The first-order valence-electron chi connectivity index (χ1n) is 13.3. The SMILES string of the molecule is COC(=O)N1c2ccc3c(nc(C(C)(O)c4cc(F)ccc4OC)n3[C@@H]3CCC[C@@H](C(=O)O)C3)c2CC[C@@H]1C. The first-order valence-corrected chi connectivity index (χ1v) is 13.3. The number of aliphatic hydroxyl groups is 1. The van der Waals surface area contributed by atoms with E-state index in [0.717, 1.165) is 11.1 Å². The van der Waals surface area contributed by atoms with Crippen molar-refractivity contribution in [1.82, 2.24) is 9.55 Å². The number of carbonyl (C=O) groups is 2. The third-order valence-corrected chi connectivity index (χ3v) is 8.31. The van der Waals surface area contributed by atoms with Crippen LogP contribution in [0.15, 0.2) is 30.3 Å². The summed E-state index contributed by atoms with van der Waals surface area (Å²) in [6.07, 6.45) is 3.28. The summed E-state index contributed by atoms with van der Waals surface area (Å²) < 4.78 is 26.9. The number of amides is 1. The number of halogens is 1. The summed E-state index contributed by atoms with van der Waals surface area (Å²) in [5.41, 5.74) is 1.33. The Labute approximate surface area is 226 Å². The fraction of sp³-hybridized carbons (Fsp3) is 0.483. The first kappa shape index (κ1) is 26.9. The Kier molecular flexibility index (Phi) is 7.00. The number of imidazole rings is 1. The summed E-state index contributed by atoms with van der Waals surface area (Å²) in [5.74, 6) is -1.31. The van der Waals surface area contributed by atoms with Gasteiger partial charge in [-0.3, -0.25) is 9.69 Å². The third-order valence-electron chi connectivity index (χ3n) is 8.31. The molecule has 2 aromatic carbocycles. The fourth-order valence-electron chi connectivity index (χ4n) is 6.29. The van der Waals surface area contributed by atoms with Crippen molar-refractivity contribution >= 4 is 28.8 Å². The van der Waals surface area contributed by atoms with E-state index < -0.39 is 29.4 Å². The second-order valence-electron chi connectivity index (χ2n) is 10.7. The van der Waals surface area contributed by atoms with E-state index in [0.29, 0.717) is 55.5 Å². The lowest BCUT2D eigenvalue weighted by Crippen LogP contribution is -2.42. The lowest BCUT2D eigenvalue weighted by Gasteiger charge is -2.34. The maximum Gasteiger partial charge on any atom is 0.414 e. The highest BCUT2D eigenvalue weighted by molar-refractivity contribution is 5.95. The molecule has 0 spiro atoms. The second-order valence-corrected chi connectivity index (χ2v) is 10.7. The number of carboxylic acid groups (broad SMARTS) is 1. The van der Waals surface area contributed by atoms with Gasteiger partial charge in [0.2, 0.25) is 0 Å². The van der Waals surface area contributed by atoms with Gasteiger partial charge in [0, 0.05) is 23.2 Å². The van der Waals surface area contributed by atoms with Gasteiger partial charge < -0.3 is 24.3 Å². The number of carboxylic acids is 1. The molecule has 1 amide bonds. The number of hydrogen-bond acceptors (Lipinski definition) is 6. The van der Waals surface area contributed by atoms with Crippen LogP contribution in [0.3, 0.4) is 0 Å². The van der Waals surface area contributed by atoms with Crippen molar-refractivity contribution in [3.63, 3.8) is 0 Å². The predicted molar refractivity (Wildman–Crippen MR) is 143 cm³/mol. The van der Waals surface area contributed by atoms with Crippen LogP contribution in [0.1, 0.15) is 68.9 Å². The quantitative estimate of drug-likeness (QED) is 0.460. The molecule has 39 heavy (non-hydrogen) atoms. The molecule has 208 valence electrons. The topological polar surface area (TPSA) is 114 Å². The average molecular weight is 540 g/mol. The highest BCUT2D eigenvalue weighted by Crippen LogP contribution is 2.44. The molecule has 9 nitrogen and oxygen atoms in total. The number of ether oxygens (including phenoxy) is 2. The van der Waals surface area contributed by atoms with Gasteiger partial charge in [-0.25, -0.2) is 14.2 Å². The number of anilines is 1. The summed E-state index contributed by atoms with van der Waals surface area (Å²) in [4.78, 5) is 31.2. The molecule has 10 heteroatoms. The van der Waals surface area contributed by atoms with Crippen LogP contribution in [0.4, 0.5) is 14.9 Å². The molecule has 0 saturated heterocycles. The van der Waals surface area contributed by atoms with E-state index in [9.17, 15) is 24.2 Å². The van der Waals surface area contributed by atoms with Crippen LogP contribution in [0, 0.1) is 11.7 Å². The van der Waals surface area contributed by atoms with Gasteiger partial charge in [0.25, 0.3) is 0 Å². The van der Waals surface area contributed by atoms with Crippen LogP contribution in [0.25, 0.3) is 11.0 Å². The van der Waals surface area contributed by atoms with Crippen LogP contribution in [0.2, 0.25) is 0 Å². The molecule has 2 aliphatic rings. The zero-order chi connectivity index (χ0) is 28.1. The van der Waals surface area contributed by atoms with E-state index >= 15 is 0 Å². The van der Waals surface area contributed by atoms with Crippen molar-refractivity contribution in [3.8, 4) is 5.75 Å². The smallest absolute Gasteiger partial charge is 0.414 e. The summed E-state index contributed by atoms with van der Waals surface area (Å²) in [6, 6.07) is 7.37. The monoisotopic (exact) mass is 539 g/mol. The molecule has 5 rings (SSSR count). The molecule has 1 saturated carbocycles. The van der Waals surface area contributed by atoms with Gasteiger partial charge in [-0.15, -0.1) is 0 Å². The summed E-state index contributed by atoms with van der Waals surface area (Å²) in [5, 5.41) is 21.9. The predicted octanol–water partition coefficient (Wildman–Crippen LogP) is 5.16. The largest absolute Gasteiger partial charge is 0.496 e.